The minimum atomic E-state index is -0.127. The van der Waals surface area contributed by atoms with Crippen molar-refractivity contribution in [1.29, 1.82) is 0 Å². The standard InChI is InChI=1S/C48H60N4O8/c1-9-49-17-37-41-29-13-30-26(6)32-15-34-28(8)36-16-35-27(7)33-14-31(25(29)5)43(55-21-53-41)38(18-50-10-2)45(33)57-23-59-47(35)40(20-52-12-4)48(36)60-24-58-46(34)39(19-51-11-3)44(32)56-22-54-42(30)37/h13-16,25-28,49-52H,9-12,17-24H2,1-8H3. The van der Waals surface area contributed by atoms with E-state index in [1.54, 1.807) is 0 Å². The molecule has 4 aromatic rings. The van der Waals surface area contributed by atoms with Crippen LogP contribution in [0.1, 0.15) is 146 Å². The molecule has 8 bridgehead atoms. The van der Waals surface area contributed by atoms with Gasteiger partial charge in [-0.1, -0.05) is 55.4 Å². The molecular formula is C48H60N4O8. The number of hydrogen-bond donors (Lipinski definition) is 4. The number of benzene rings is 4. The van der Waals surface area contributed by atoms with Crippen LogP contribution < -0.4 is 59.2 Å². The number of rotatable bonds is 12. The summed E-state index contributed by atoms with van der Waals surface area (Å²) in [4.78, 5) is 0. The predicted octanol–water partition coefficient (Wildman–Crippen LogP) is 7.96. The largest absolute Gasteiger partial charge is 0.457 e. The SMILES string of the molecule is CCNCc1c2c3cc4c1OCOc1c(cc5c(c1CNCC)OCOc1c(cc6c(c1CNCC)OCOc1c(cc(c(c1CNCC)OCO2)C3C)C6C)C5C)C4C. The Labute approximate surface area is 353 Å². The van der Waals surface area contributed by atoms with Crippen LogP contribution in [0, 0.1) is 0 Å². The molecule has 4 aromatic carbocycles. The van der Waals surface area contributed by atoms with E-state index in [1.807, 2.05) is 0 Å². The maximum atomic E-state index is 6.73. The summed E-state index contributed by atoms with van der Waals surface area (Å²) < 4.78 is 53.8. The zero-order chi connectivity index (χ0) is 41.7. The Kier molecular flexibility index (Phi) is 11.4. The molecule has 0 fully saturated rings. The first-order valence-corrected chi connectivity index (χ1v) is 21.9. The van der Waals surface area contributed by atoms with E-state index in [4.69, 9.17) is 37.9 Å². The highest BCUT2D eigenvalue weighted by molar-refractivity contribution is 5.69. The molecule has 12 heteroatoms. The summed E-state index contributed by atoms with van der Waals surface area (Å²) in [5.41, 5.74) is 12.5. The van der Waals surface area contributed by atoms with Crippen molar-refractivity contribution in [3.05, 3.63) is 91.0 Å². The van der Waals surface area contributed by atoms with E-state index in [0.29, 0.717) is 26.2 Å². The maximum absolute atomic E-state index is 6.73. The molecule has 320 valence electrons. The van der Waals surface area contributed by atoms with E-state index in [0.717, 1.165) is 139 Å². The van der Waals surface area contributed by atoms with Crippen LogP contribution in [-0.2, 0) is 26.2 Å². The van der Waals surface area contributed by atoms with Gasteiger partial charge in [-0.2, -0.15) is 0 Å². The van der Waals surface area contributed by atoms with Gasteiger partial charge in [-0.25, -0.2) is 0 Å². The van der Waals surface area contributed by atoms with Crippen molar-refractivity contribution >= 4 is 0 Å². The minimum absolute atomic E-state index is 0.0179. The van der Waals surface area contributed by atoms with E-state index in [-0.39, 0.29) is 50.8 Å². The van der Waals surface area contributed by atoms with Gasteiger partial charge in [0, 0.05) is 94.4 Å². The third-order valence-electron chi connectivity index (χ3n) is 13.1. The Bertz CT molecular complexity index is 1860. The monoisotopic (exact) mass is 820 g/mol. The normalized spacial score (nSPS) is 20.3. The molecule has 0 atom stereocenters. The van der Waals surface area contributed by atoms with Crippen LogP contribution >= 0.6 is 0 Å². The van der Waals surface area contributed by atoms with Gasteiger partial charge in [0.05, 0.1) is 22.3 Å². The van der Waals surface area contributed by atoms with Gasteiger partial charge < -0.3 is 59.2 Å². The summed E-state index contributed by atoms with van der Waals surface area (Å²) in [6, 6.07) is 9.28. The van der Waals surface area contributed by atoms with E-state index < -0.39 is 0 Å². The van der Waals surface area contributed by atoms with Crippen molar-refractivity contribution in [3.8, 4) is 46.0 Å². The average molecular weight is 821 g/mol. The molecule has 4 heterocycles. The average Bonchev–Trinajstić information content (AvgIpc) is 3.24. The molecule has 0 spiro atoms. The molecule has 12 nitrogen and oxygen atoms in total. The number of ether oxygens (including phenoxy) is 8. The molecular weight excluding hydrogens is 761 g/mol. The van der Waals surface area contributed by atoms with E-state index in [2.05, 4.69) is 101 Å². The van der Waals surface area contributed by atoms with Crippen LogP contribution in [-0.4, -0.2) is 53.4 Å². The van der Waals surface area contributed by atoms with E-state index in [1.165, 1.54) is 0 Å². The predicted molar refractivity (Wildman–Crippen MR) is 230 cm³/mol. The molecule has 0 saturated carbocycles. The number of nitrogens with one attached hydrogen (secondary N) is 4. The second-order valence-electron chi connectivity index (χ2n) is 16.4. The molecule has 9 rings (SSSR count). The van der Waals surface area contributed by atoms with Gasteiger partial charge in [0.25, 0.3) is 0 Å². The summed E-state index contributed by atoms with van der Waals surface area (Å²) in [5.74, 6) is 5.74. The van der Waals surface area contributed by atoms with Crippen molar-refractivity contribution in [2.24, 2.45) is 0 Å². The van der Waals surface area contributed by atoms with E-state index in [9.17, 15) is 0 Å². The minimum Gasteiger partial charge on any atom is -0.457 e. The van der Waals surface area contributed by atoms with Crippen molar-refractivity contribution < 1.29 is 37.9 Å². The number of hydrogen-bond acceptors (Lipinski definition) is 12. The first-order valence-electron chi connectivity index (χ1n) is 21.9. The Morgan fingerprint density at radius 2 is 0.500 bits per heavy atom. The Morgan fingerprint density at radius 1 is 0.333 bits per heavy atom. The van der Waals surface area contributed by atoms with Crippen molar-refractivity contribution in [2.75, 3.05) is 53.4 Å². The molecule has 4 aliphatic heterocycles. The van der Waals surface area contributed by atoms with Crippen molar-refractivity contribution in [2.45, 2.75) is 105 Å². The lowest BCUT2D eigenvalue weighted by Crippen LogP contribution is -2.26. The summed E-state index contributed by atoms with van der Waals surface area (Å²) in [6.45, 7) is 22.9. The summed E-state index contributed by atoms with van der Waals surface area (Å²) in [5, 5.41) is 14.4. The molecule has 0 amide bonds. The zero-order valence-corrected chi connectivity index (χ0v) is 36.4. The van der Waals surface area contributed by atoms with E-state index >= 15 is 0 Å². The molecule has 5 aliphatic rings. The third-order valence-corrected chi connectivity index (χ3v) is 13.1. The topological polar surface area (TPSA) is 122 Å². The Balaban J connectivity index is 1.43. The van der Waals surface area contributed by atoms with Crippen LogP contribution in [0.5, 0.6) is 46.0 Å². The fraction of sp³-hybridized carbons (Fsp3) is 0.500. The Morgan fingerprint density at radius 3 is 0.650 bits per heavy atom. The summed E-state index contributed by atoms with van der Waals surface area (Å²) >= 11 is 0. The van der Waals surface area contributed by atoms with Crippen LogP contribution in [0.15, 0.2) is 24.3 Å². The zero-order valence-electron chi connectivity index (χ0n) is 36.4. The fourth-order valence-electron chi connectivity index (χ4n) is 9.84. The van der Waals surface area contributed by atoms with Crippen molar-refractivity contribution in [1.82, 2.24) is 21.3 Å². The molecule has 1 aliphatic carbocycles. The molecule has 0 radical (unpaired) electrons. The van der Waals surface area contributed by atoms with Crippen LogP contribution in [0.25, 0.3) is 0 Å². The van der Waals surface area contributed by atoms with Gasteiger partial charge in [-0.3, -0.25) is 0 Å². The highest BCUT2D eigenvalue weighted by Crippen LogP contribution is 2.56. The summed E-state index contributed by atoms with van der Waals surface area (Å²) in [6.07, 6.45) is 0. The second kappa shape index (κ2) is 16.9. The maximum Gasteiger partial charge on any atom is 0.230 e. The van der Waals surface area contributed by atoms with Crippen molar-refractivity contribution in [3.63, 3.8) is 0 Å². The van der Waals surface area contributed by atoms with Gasteiger partial charge >= 0.3 is 0 Å². The lowest BCUT2D eigenvalue weighted by atomic mass is 9.78. The lowest BCUT2D eigenvalue weighted by molar-refractivity contribution is 0.0947. The molecule has 0 saturated heterocycles. The first kappa shape index (κ1) is 40.5. The molecule has 0 aromatic heterocycles. The van der Waals surface area contributed by atoms with Gasteiger partial charge in [0.1, 0.15) is 46.0 Å². The second-order valence-corrected chi connectivity index (χ2v) is 16.4. The molecule has 60 heavy (non-hydrogen) atoms. The molecule has 0 unspecified atom stereocenters. The Hall–Kier alpha value is -4.88. The smallest absolute Gasteiger partial charge is 0.230 e. The quantitative estimate of drug-likeness (QED) is 0.111. The van der Waals surface area contributed by atoms with Gasteiger partial charge in [-0.15, -0.1) is 0 Å². The third kappa shape index (κ3) is 6.67. The van der Waals surface area contributed by atoms with Gasteiger partial charge in [0.2, 0.25) is 27.2 Å². The first-order chi connectivity index (χ1) is 29.3. The highest BCUT2D eigenvalue weighted by Gasteiger charge is 2.39. The summed E-state index contributed by atoms with van der Waals surface area (Å²) in [7, 11) is 0. The lowest BCUT2D eigenvalue weighted by Gasteiger charge is -2.36. The fourth-order valence-corrected chi connectivity index (χ4v) is 9.84. The molecule has 4 N–H and O–H groups in total. The van der Waals surface area contributed by atoms with Crippen LogP contribution in [0.2, 0.25) is 0 Å². The van der Waals surface area contributed by atoms with Gasteiger partial charge in [-0.05, 0) is 50.4 Å². The van der Waals surface area contributed by atoms with Gasteiger partial charge in [0.15, 0.2) is 0 Å². The highest BCUT2D eigenvalue weighted by atomic mass is 16.7. The van der Waals surface area contributed by atoms with Crippen LogP contribution in [0.3, 0.4) is 0 Å². The van der Waals surface area contributed by atoms with Crippen LogP contribution in [0.4, 0.5) is 0 Å².